The van der Waals surface area contributed by atoms with Gasteiger partial charge in [-0.05, 0) is 36.8 Å². The number of thiazole rings is 1. The van der Waals surface area contributed by atoms with Crippen LogP contribution in [-0.2, 0) is 12.8 Å². The quantitative estimate of drug-likeness (QED) is 0.451. The van der Waals surface area contributed by atoms with Gasteiger partial charge in [-0.15, -0.1) is 11.3 Å². The lowest BCUT2D eigenvalue weighted by Crippen LogP contribution is -2.25. The first-order chi connectivity index (χ1) is 14.6. The molecule has 6 nitrogen and oxygen atoms in total. The molecule has 2 heterocycles. The van der Waals surface area contributed by atoms with Crippen molar-refractivity contribution in [3.05, 3.63) is 86.7 Å². The zero-order valence-electron chi connectivity index (χ0n) is 16.3. The lowest BCUT2D eigenvalue weighted by molar-refractivity contribution is 0.0956. The summed E-state index contributed by atoms with van der Waals surface area (Å²) in [6, 6.07) is 17.3. The minimum absolute atomic E-state index is 0.137. The third-order valence-corrected chi connectivity index (χ3v) is 5.85. The molecule has 0 aliphatic rings. The third kappa shape index (κ3) is 4.93. The van der Waals surface area contributed by atoms with E-state index in [1.54, 1.807) is 12.1 Å². The monoisotopic (exact) mass is 438 g/mol. The summed E-state index contributed by atoms with van der Waals surface area (Å²) in [6.07, 6.45) is 1.16. The Morgan fingerprint density at radius 3 is 2.63 bits per heavy atom. The highest BCUT2D eigenvalue weighted by Gasteiger charge is 2.16. The van der Waals surface area contributed by atoms with E-state index in [-0.39, 0.29) is 5.91 Å². The predicted molar refractivity (Wildman–Crippen MR) is 117 cm³/mol. The highest BCUT2D eigenvalue weighted by atomic mass is 35.5. The fourth-order valence-electron chi connectivity index (χ4n) is 2.94. The molecule has 1 amide bonds. The van der Waals surface area contributed by atoms with E-state index in [0.29, 0.717) is 34.6 Å². The lowest BCUT2D eigenvalue weighted by atomic mass is 10.2. The first-order valence-corrected chi connectivity index (χ1v) is 10.6. The van der Waals surface area contributed by atoms with Gasteiger partial charge in [0.05, 0.1) is 10.7 Å². The Balaban J connectivity index is 1.32. The van der Waals surface area contributed by atoms with Crippen molar-refractivity contribution in [3.8, 4) is 11.4 Å². The maximum Gasteiger partial charge on any atom is 0.263 e. The summed E-state index contributed by atoms with van der Waals surface area (Å²) in [4.78, 5) is 22.1. The predicted octanol–water partition coefficient (Wildman–Crippen LogP) is 4.72. The number of hydrogen-bond acceptors (Lipinski definition) is 6. The number of aryl methyl sites for hydroxylation is 1. The Labute approximate surface area is 182 Å². The standard InChI is InChI=1S/C22H19ClN4O2S/c1-14-20(30-19(25-14)13-15-5-3-2-4-6-15)22(28)24-12-11-18-26-21(27-29-18)16-7-9-17(23)10-8-16/h2-10H,11-13H2,1H3,(H,24,28). The highest BCUT2D eigenvalue weighted by molar-refractivity contribution is 7.13. The molecule has 30 heavy (non-hydrogen) atoms. The molecule has 4 rings (SSSR count). The zero-order valence-corrected chi connectivity index (χ0v) is 17.8. The molecule has 2 aromatic heterocycles. The van der Waals surface area contributed by atoms with Gasteiger partial charge in [-0.1, -0.05) is 47.1 Å². The minimum Gasteiger partial charge on any atom is -0.351 e. The zero-order chi connectivity index (χ0) is 20.9. The van der Waals surface area contributed by atoms with Crippen molar-refractivity contribution in [2.45, 2.75) is 19.8 Å². The number of amides is 1. The van der Waals surface area contributed by atoms with E-state index in [0.717, 1.165) is 22.7 Å². The highest BCUT2D eigenvalue weighted by Crippen LogP contribution is 2.21. The number of nitrogens with zero attached hydrogens (tertiary/aromatic N) is 3. The second-order valence-corrected chi connectivity index (χ2v) is 8.23. The van der Waals surface area contributed by atoms with Crippen LogP contribution >= 0.6 is 22.9 Å². The van der Waals surface area contributed by atoms with Crippen LogP contribution in [-0.4, -0.2) is 27.6 Å². The molecule has 152 valence electrons. The summed E-state index contributed by atoms with van der Waals surface area (Å²) in [5, 5.41) is 8.46. The van der Waals surface area contributed by atoms with Crippen molar-refractivity contribution < 1.29 is 9.32 Å². The number of hydrogen-bond donors (Lipinski definition) is 1. The van der Waals surface area contributed by atoms with E-state index < -0.39 is 0 Å². The molecule has 0 bridgehead atoms. The number of halogens is 1. The number of aromatic nitrogens is 3. The normalized spacial score (nSPS) is 10.9. The fraction of sp³-hybridized carbons (Fsp3) is 0.182. The van der Waals surface area contributed by atoms with Crippen LogP contribution in [0.4, 0.5) is 0 Å². The van der Waals surface area contributed by atoms with Gasteiger partial charge in [-0.25, -0.2) is 4.98 Å². The third-order valence-electron chi connectivity index (χ3n) is 4.44. The Hall–Kier alpha value is -3.03. The first-order valence-electron chi connectivity index (χ1n) is 9.45. The van der Waals surface area contributed by atoms with Crippen LogP contribution in [0, 0.1) is 6.92 Å². The Morgan fingerprint density at radius 2 is 1.87 bits per heavy atom. The van der Waals surface area contributed by atoms with Crippen molar-refractivity contribution in [1.82, 2.24) is 20.4 Å². The fourth-order valence-corrected chi connectivity index (χ4v) is 4.09. The molecule has 0 fully saturated rings. The molecule has 0 saturated carbocycles. The van der Waals surface area contributed by atoms with Crippen LogP contribution < -0.4 is 5.32 Å². The second kappa shape index (κ2) is 9.19. The number of carbonyl (C=O) groups is 1. The molecule has 0 aliphatic heterocycles. The second-order valence-electron chi connectivity index (χ2n) is 6.71. The van der Waals surface area contributed by atoms with Gasteiger partial charge in [0.2, 0.25) is 11.7 Å². The van der Waals surface area contributed by atoms with Crippen LogP contribution in [0.5, 0.6) is 0 Å². The summed E-state index contributed by atoms with van der Waals surface area (Å²) >= 11 is 7.32. The van der Waals surface area contributed by atoms with E-state index in [4.69, 9.17) is 16.1 Å². The Kier molecular flexibility index (Phi) is 6.21. The molecule has 0 radical (unpaired) electrons. The molecule has 4 aromatic rings. The smallest absolute Gasteiger partial charge is 0.263 e. The average molecular weight is 439 g/mol. The van der Waals surface area contributed by atoms with Gasteiger partial charge >= 0.3 is 0 Å². The summed E-state index contributed by atoms with van der Waals surface area (Å²) < 4.78 is 5.28. The SMILES string of the molecule is Cc1nc(Cc2ccccc2)sc1C(=O)NCCc1nc(-c2ccc(Cl)cc2)no1. The van der Waals surface area contributed by atoms with Crippen LogP contribution in [0.2, 0.25) is 5.02 Å². The largest absolute Gasteiger partial charge is 0.351 e. The summed E-state index contributed by atoms with van der Waals surface area (Å²) in [5.41, 5.74) is 2.74. The van der Waals surface area contributed by atoms with Crippen LogP contribution in [0.3, 0.4) is 0 Å². The summed E-state index contributed by atoms with van der Waals surface area (Å²) in [7, 11) is 0. The number of carbonyl (C=O) groups excluding carboxylic acids is 1. The van der Waals surface area contributed by atoms with Crippen molar-refractivity contribution in [2.75, 3.05) is 6.54 Å². The molecule has 0 unspecified atom stereocenters. The van der Waals surface area contributed by atoms with Crippen LogP contribution in [0.15, 0.2) is 59.1 Å². The topological polar surface area (TPSA) is 80.9 Å². The van der Waals surface area contributed by atoms with Crippen LogP contribution in [0.1, 0.15) is 31.8 Å². The maximum atomic E-state index is 12.6. The van der Waals surface area contributed by atoms with E-state index in [1.165, 1.54) is 16.9 Å². The lowest BCUT2D eigenvalue weighted by Gasteiger charge is -2.01. The van der Waals surface area contributed by atoms with E-state index in [2.05, 4.69) is 32.6 Å². The first kappa shape index (κ1) is 20.3. The maximum absolute atomic E-state index is 12.6. The van der Waals surface area contributed by atoms with Crippen molar-refractivity contribution in [3.63, 3.8) is 0 Å². The number of rotatable bonds is 7. The van der Waals surface area contributed by atoms with Gasteiger partial charge in [0.25, 0.3) is 5.91 Å². The average Bonchev–Trinajstić information content (AvgIpc) is 3.36. The summed E-state index contributed by atoms with van der Waals surface area (Å²) in [5.74, 6) is 0.824. The van der Waals surface area contributed by atoms with Crippen LogP contribution in [0.25, 0.3) is 11.4 Å². The molecular formula is C22H19ClN4O2S. The number of benzene rings is 2. The molecule has 0 spiro atoms. The molecule has 0 aliphatic carbocycles. The summed E-state index contributed by atoms with van der Waals surface area (Å²) in [6.45, 7) is 2.25. The molecule has 0 atom stereocenters. The Bertz CT molecular complexity index is 1140. The van der Waals surface area contributed by atoms with E-state index in [1.807, 2.05) is 37.3 Å². The van der Waals surface area contributed by atoms with Gasteiger partial charge < -0.3 is 9.84 Å². The Morgan fingerprint density at radius 1 is 1.10 bits per heavy atom. The van der Waals surface area contributed by atoms with Gasteiger partial charge in [0, 0.05) is 30.0 Å². The minimum atomic E-state index is -0.137. The van der Waals surface area contributed by atoms with Crippen molar-refractivity contribution >= 4 is 28.8 Å². The van der Waals surface area contributed by atoms with Gasteiger partial charge in [-0.2, -0.15) is 4.98 Å². The van der Waals surface area contributed by atoms with E-state index in [9.17, 15) is 4.79 Å². The van der Waals surface area contributed by atoms with Gasteiger partial charge in [0.15, 0.2) is 0 Å². The van der Waals surface area contributed by atoms with Crippen molar-refractivity contribution in [1.29, 1.82) is 0 Å². The molecular weight excluding hydrogens is 420 g/mol. The molecule has 8 heteroatoms. The van der Waals surface area contributed by atoms with Gasteiger partial charge in [0.1, 0.15) is 4.88 Å². The molecule has 2 aromatic carbocycles. The van der Waals surface area contributed by atoms with Crippen molar-refractivity contribution in [2.24, 2.45) is 0 Å². The van der Waals surface area contributed by atoms with Gasteiger partial charge in [-0.3, -0.25) is 4.79 Å². The molecule has 1 N–H and O–H groups in total. The molecule has 0 saturated heterocycles. The number of nitrogens with one attached hydrogen (secondary N) is 1. The van der Waals surface area contributed by atoms with E-state index >= 15 is 0 Å².